The summed E-state index contributed by atoms with van der Waals surface area (Å²) >= 11 is 1.70. The molecule has 1 heterocycles. The summed E-state index contributed by atoms with van der Waals surface area (Å²) in [5.74, 6) is 0.822. The van der Waals surface area contributed by atoms with Crippen molar-refractivity contribution in [2.45, 2.75) is 13.0 Å². The highest BCUT2D eigenvalue weighted by molar-refractivity contribution is 7.07. The molecule has 1 rings (SSSR count). The van der Waals surface area contributed by atoms with Crippen LogP contribution in [0.25, 0.3) is 0 Å². The molecule has 6 heteroatoms. The van der Waals surface area contributed by atoms with E-state index in [2.05, 4.69) is 32.5 Å². The first kappa shape index (κ1) is 15.9. The van der Waals surface area contributed by atoms with Crippen LogP contribution in [0.1, 0.15) is 12.0 Å². The molecule has 1 aromatic heterocycles. The van der Waals surface area contributed by atoms with Gasteiger partial charge in [0.25, 0.3) is 0 Å². The van der Waals surface area contributed by atoms with Crippen molar-refractivity contribution in [1.82, 2.24) is 10.6 Å². The maximum Gasteiger partial charge on any atom is 0.191 e. The highest BCUT2D eigenvalue weighted by Gasteiger charge is 1.98. The molecule has 0 unspecified atom stereocenters. The van der Waals surface area contributed by atoms with Crippen molar-refractivity contribution in [2.24, 2.45) is 4.99 Å². The first-order valence-electron chi connectivity index (χ1n) is 6.39. The maximum absolute atomic E-state index is 5.38. The molecule has 0 fully saturated rings. The van der Waals surface area contributed by atoms with E-state index < -0.39 is 0 Å². The predicted octanol–water partition coefficient (Wildman–Crippen LogP) is 1.47. The molecule has 0 spiro atoms. The largest absolute Gasteiger partial charge is 0.382 e. The Balaban J connectivity index is 2.02. The van der Waals surface area contributed by atoms with Crippen LogP contribution >= 0.6 is 11.3 Å². The summed E-state index contributed by atoms with van der Waals surface area (Å²) in [5.41, 5.74) is 1.27. The Bertz CT molecular complexity index is 342. The van der Waals surface area contributed by atoms with E-state index in [9.17, 15) is 0 Å². The number of hydrogen-bond acceptors (Lipinski definition) is 4. The summed E-state index contributed by atoms with van der Waals surface area (Å²) in [6.45, 7) is 3.68. The predicted molar refractivity (Wildman–Crippen MR) is 79.8 cm³/mol. The Labute approximate surface area is 119 Å². The van der Waals surface area contributed by atoms with Gasteiger partial charge < -0.3 is 20.1 Å². The second kappa shape index (κ2) is 10.8. The molecule has 0 aliphatic carbocycles. The first-order chi connectivity index (χ1) is 9.36. The molecule has 0 aliphatic rings. The molecule has 0 saturated heterocycles. The lowest BCUT2D eigenvalue weighted by Crippen LogP contribution is -2.37. The third-order valence-corrected chi connectivity index (χ3v) is 3.19. The topological polar surface area (TPSA) is 54.9 Å². The summed E-state index contributed by atoms with van der Waals surface area (Å²) in [7, 11) is 3.45. The molecule has 0 saturated carbocycles. The zero-order chi connectivity index (χ0) is 13.8. The monoisotopic (exact) mass is 285 g/mol. The average molecular weight is 285 g/mol. The van der Waals surface area contributed by atoms with Crippen molar-refractivity contribution < 1.29 is 9.47 Å². The van der Waals surface area contributed by atoms with Gasteiger partial charge in [0.1, 0.15) is 0 Å². The van der Waals surface area contributed by atoms with Gasteiger partial charge >= 0.3 is 0 Å². The van der Waals surface area contributed by atoms with E-state index in [1.165, 1.54) is 5.56 Å². The van der Waals surface area contributed by atoms with Gasteiger partial charge in [0.2, 0.25) is 0 Å². The molecular formula is C13H23N3O2S. The van der Waals surface area contributed by atoms with Crippen LogP contribution in [0.5, 0.6) is 0 Å². The van der Waals surface area contributed by atoms with E-state index in [1.54, 1.807) is 25.5 Å². The molecule has 0 radical (unpaired) electrons. The summed E-state index contributed by atoms with van der Waals surface area (Å²) in [4.78, 5) is 4.17. The lowest BCUT2D eigenvalue weighted by molar-refractivity contribution is 0.0698. The third-order valence-electron chi connectivity index (χ3n) is 2.45. The SMILES string of the molecule is CN=C(NCCCOCCOC)NCc1ccsc1. The average Bonchev–Trinajstić information content (AvgIpc) is 2.94. The molecule has 2 N–H and O–H groups in total. The number of nitrogens with one attached hydrogen (secondary N) is 2. The van der Waals surface area contributed by atoms with E-state index in [4.69, 9.17) is 9.47 Å². The van der Waals surface area contributed by atoms with E-state index >= 15 is 0 Å². The fraction of sp³-hybridized carbons (Fsp3) is 0.615. The van der Waals surface area contributed by atoms with Gasteiger partial charge in [0, 0.05) is 33.9 Å². The summed E-state index contributed by atoms with van der Waals surface area (Å²) in [6, 6.07) is 2.11. The van der Waals surface area contributed by atoms with Crippen LogP contribution in [0, 0.1) is 0 Å². The smallest absolute Gasteiger partial charge is 0.191 e. The van der Waals surface area contributed by atoms with Crippen LogP contribution in [0.4, 0.5) is 0 Å². The van der Waals surface area contributed by atoms with Crippen molar-refractivity contribution in [3.05, 3.63) is 22.4 Å². The Morgan fingerprint density at radius 1 is 1.32 bits per heavy atom. The van der Waals surface area contributed by atoms with Gasteiger partial charge in [-0.3, -0.25) is 4.99 Å². The Kier molecular flexibility index (Phi) is 9.05. The second-order valence-corrected chi connectivity index (χ2v) is 4.72. The standard InChI is InChI=1S/C13H23N3O2S/c1-14-13(16-10-12-4-9-19-11-12)15-5-3-6-18-8-7-17-2/h4,9,11H,3,5-8,10H2,1-2H3,(H2,14,15,16). The molecule has 0 amide bonds. The maximum atomic E-state index is 5.38. The minimum absolute atomic E-state index is 0.650. The van der Waals surface area contributed by atoms with Gasteiger partial charge in [-0.1, -0.05) is 0 Å². The van der Waals surface area contributed by atoms with Crippen molar-refractivity contribution in [3.63, 3.8) is 0 Å². The van der Waals surface area contributed by atoms with Crippen molar-refractivity contribution >= 4 is 17.3 Å². The van der Waals surface area contributed by atoms with E-state index in [0.29, 0.717) is 13.2 Å². The fourth-order valence-corrected chi connectivity index (χ4v) is 2.09. The Morgan fingerprint density at radius 3 is 2.89 bits per heavy atom. The molecule has 5 nitrogen and oxygen atoms in total. The molecule has 19 heavy (non-hydrogen) atoms. The van der Waals surface area contributed by atoms with Crippen LogP contribution in [0.15, 0.2) is 21.8 Å². The van der Waals surface area contributed by atoms with Crippen LogP contribution in [0.3, 0.4) is 0 Å². The van der Waals surface area contributed by atoms with Crippen molar-refractivity contribution in [3.8, 4) is 0 Å². The third kappa shape index (κ3) is 7.81. The van der Waals surface area contributed by atoms with Gasteiger partial charge in [0.15, 0.2) is 5.96 Å². The molecule has 0 bridgehead atoms. The van der Waals surface area contributed by atoms with E-state index in [-0.39, 0.29) is 0 Å². The second-order valence-electron chi connectivity index (χ2n) is 3.94. The Morgan fingerprint density at radius 2 is 2.21 bits per heavy atom. The van der Waals surface area contributed by atoms with Crippen LogP contribution < -0.4 is 10.6 Å². The zero-order valence-corrected chi connectivity index (χ0v) is 12.5. The van der Waals surface area contributed by atoms with Crippen LogP contribution in [-0.2, 0) is 16.0 Å². The molecule has 1 aromatic rings. The van der Waals surface area contributed by atoms with Gasteiger partial charge in [-0.25, -0.2) is 0 Å². The molecular weight excluding hydrogens is 262 g/mol. The van der Waals surface area contributed by atoms with E-state index in [0.717, 1.165) is 32.1 Å². The normalized spacial score (nSPS) is 11.6. The number of methoxy groups -OCH3 is 1. The summed E-state index contributed by atoms with van der Waals surface area (Å²) in [5, 5.41) is 10.7. The highest BCUT2D eigenvalue weighted by atomic mass is 32.1. The number of rotatable bonds is 9. The number of ether oxygens (including phenoxy) is 2. The van der Waals surface area contributed by atoms with E-state index in [1.807, 2.05) is 0 Å². The lowest BCUT2D eigenvalue weighted by Gasteiger charge is -2.11. The van der Waals surface area contributed by atoms with Crippen LogP contribution in [-0.4, -0.2) is 46.5 Å². The minimum atomic E-state index is 0.650. The van der Waals surface area contributed by atoms with Gasteiger partial charge in [-0.05, 0) is 28.8 Å². The molecule has 108 valence electrons. The van der Waals surface area contributed by atoms with Gasteiger partial charge in [0.05, 0.1) is 13.2 Å². The van der Waals surface area contributed by atoms with Crippen molar-refractivity contribution in [1.29, 1.82) is 0 Å². The lowest BCUT2D eigenvalue weighted by atomic mass is 10.3. The van der Waals surface area contributed by atoms with Gasteiger partial charge in [-0.15, -0.1) is 0 Å². The first-order valence-corrected chi connectivity index (χ1v) is 7.33. The number of thiophene rings is 1. The number of hydrogen-bond donors (Lipinski definition) is 2. The quantitative estimate of drug-likeness (QED) is 0.410. The fourth-order valence-electron chi connectivity index (χ4n) is 1.42. The zero-order valence-electron chi connectivity index (χ0n) is 11.6. The van der Waals surface area contributed by atoms with Gasteiger partial charge in [-0.2, -0.15) is 11.3 Å². The highest BCUT2D eigenvalue weighted by Crippen LogP contribution is 2.04. The number of nitrogens with zero attached hydrogens (tertiary/aromatic N) is 1. The Hall–Kier alpha value is -1.11. The van der Waals surface area contributed by atoms with Crippen molar-refractivity contribution in [2.75, 3.05) is 40.5 Å². The summed E-state index contributed by atoms with van der Waals surface area (Å²) < 4.78 is 10.3. The summed E-state index contributed by atoms with van der Waals surface area (Å²) in [6.07, 6.45) is 0.947. The molecule has 0 aliphatic heterocycles. The molecule has 0 atom stereocenters. The molecule has 0 aromatic carbocycles. The van der Waals surface area contributed by atoms with Crippen LogP contribution in [0.2, 0.25) is 0 Å². The number of aliphatic imine (C=N–C) groups is 1. The number of guanidine groups is 1. The minimum Gasteiger partial charge on any atom is -0.382 e.